The Morgan fingerprint density at radius 2 is 2.00 bits per heavy atom. The molecule has 1 unspecified atom stereocenters. The maximum Gasteiger partial charge on any atom is 0.256 e. The smallest absolute Gasteiger partial charge is 0.256 e. The van der Waals surface area contributed by atoms with E-state index >= 15 is 0 Å². The monoisotopic (exact) mass is 464 g/mol. The summed E-state index contributed by atoms with van der Waals surface area (Å²) in [6.07, 6.45) is 4.68. The number of amides is 1. The molecule has 0 bridgehead atoms. The Hall–Kier alpha value is -3.72. The quantitative estimate of drug-likeness (QED) is 0.435. The third-order valence-electron chi connectivity index (χ3n) is 5.73. The topological polar surface area (TPSA) is 99.2 Å². The second kappa shape index (κ2) is 8.67. The predicted octanol–water partition coefficient (Wildman–Crippen LogP) is 4.27. The number of benzene rings is 2. The number of hydrogen-bond acceptors (Lipinski definition) is 7. The zero-order valence-electron chi connectivity index (χ0n) is 18.1. The highest BCUT2D eigenvalue weighted by Gasteiger charge is 2.36. The maximum atomic E-state index is 13.7. The van der Waals surface area contributed by atoms with E-state index in [2.05, 4.69) is 20.3 Å². The van der Waals surface area contributed by atoms with Crippen molar-refractivity contribution >= 4 is 17.5 Å². The Labute approximate surface area is 194 Å². The summed E-state index contributed by atoms with van der Waals surface area (Å²) in [4.78, 5) is 21.5. The van der Waals surface area contributed by atoms with Crippen LogP contribution < -0.4 is 4.74 Å². The van der Waals surface area contributed by atoms with Gasteiger partial charge in [-0.2, -0.15) is 20.0 Å². The molecular formula is C23H21ClN6O3. The highest BCUT2D eigenvalue weighted by atomic mass is 35.5. The summed E-state index contributed by atoms with van der Waals surface area (Å²) in [6, 6.07) is 10.5. The molecule has 10 heteroatoms. The van der Waals surface area contributed by atoms with Gasteiger partial charge in [-0.1, -0.05) is 28.9 Å². The number of hydrogen-bond donors (Lipinski definition) is 0. The lowest BCUT2D eigenvalue weighted by molar-refractivity contribution is 0.0709. The minimum atomic E-state index is -0.341. The highest BCUT2D eigenvalue weighted by molar-refractivity contribution is 6.33. The summed E-state index contributed by atoms with van der Waals surface area (Å²) in [5.74, 6) is 1.21. The number of methoxy groups -OCH3 is 1. The number of likely N-dealkylation sites (tertiary alicyclic amines) is 1. The van der Waals surface area contributed by atoms with Crippen LogP contribution in [0.2, 0.25) is 5.02 Å². The normalized spacial score (nSPS) is 15.7. The van der Waals surface area contributed by atoms with Gasteiger partial charge in [0.2, 0.25) is 11.7 Å². The number of halogens is 1. The molecule has 2 aromatic heterocycles. The second-order valence-electron chi connectivity index (χ2n) is 7.75. The summed E-state index contributed by atoms with van der Waals surface area (Å²) in [5, 5.41) is 13.1. The van der Waals surface area contributed by atoms with E-state index in [-0.39, 0.29) is 11.9 Å². The van der Waals surface area contributed by atoms with Crippen molar-refractivity contribution in [3.8, 4) is 22.8 Å². The van der Waals surface area contributed by atoms with E-state index in [1.807, 2.05) is 31.2 Å². The van der Waals surface area contributed by atoms with Crippen LogP contribution in [0.1, 0.15) is 40.7 Å². The fourth-order valence-electron chi connectivity index (χ4n) is 4.11. The summed E-state index contributed by atoms with van der Waals surface area (Å²) in [5.41, 5.74) is 2.57. The predicted molar refractivity (Wildman–Crippen MR) is 120 cm³/mol. The lowest BCUT2D eigenvalue weighted by atomic mass is 10.1. The Morgan fingerprint density at radius 1 is 1.21 bits per heavy atom. The van der Waals surface area contributed by atoms with E-state index in [1.54, 1.807) is 36.5 Å². The number of aromatic nitrogens is 5. The fraction of sp³-hybridized carbons (Fsp3) is 0.261. The van der Waals surface area contributed by atoms with Crippen LogP contribution in [0.3, 0.4) is 0 Å². The molecule has 0 spiro atoms. The fourth-order valence-corrected chi connectivity index (χ4v) is 4.33. The second-order valence-corrected chi connectivity index (χ2v) is 8.16. The third-order valence-corrected chi connectivity index (χ3v) is 6.06. The Kier molecular flexibility index (Phi) is 5.55. The van der Waals surface area contributed by atoms with Crippen molar-refractivity contribution in [2.45, 2.75) is 25.8 Å². The summed E-state index contributed by atoms with van der Waals surface area (Å²) < 4.78 is 11.0. The van der Waals surface area contributed by atoms with Crippen molar-refractivity contribution in [3.05, 3.63) is 70.8 Å². The van der Waals surface area contributed by atoms with Gasteiger partial charge in [0.15, 0.2) is 0 Å². The van der Waals surface area contributed by atoms with Crippen molar-refractivity contribution in [1.82, 2.24) is 30.0 Å². The van der Waals surface area contributed by atoms with E-state index in [4.69, 9.17) is 20.9 Å². The average molecular weight is 465 g/mol. The largest absolute Gasteiger partial charge is 0.496 e. The van der Waals surface area contributed by atoms with Gasteiger partial charge in [-0.3, -0.25) is 4.79 Å². The number of ether oxygens (including phenoxy) is 1. The van der Waals surface area contributed by atoms with Crippen molar-refractivity contribution in [3.63, 3.8) is 0 Å². The summed E-state index contributed by atoms with van der Waals surface area (Å²) >= 11 is 6.28. The molecule has 0 N–H and O–H groups in total. The van der Waals surface area contributed by atoms with Gasteiger partial charge in [-0.05, 0) is 49.6 Å². The third kappa shape index (κ3) is 3.84. The molecule has 1 atom stereocenters. The van der Waals surface area contributed by atoms with Gasteiger partial charge in [0.25, 0.3) is 5.91 Å². The Balaban J connectivity index is 1.50. The van der Waals surface area contributed by atoms with Gasteiger partial charge < -0.3 is 14.2 Å². The first-order valence-corrected chi connectivity index (χ1v) is 10.9. The molecule has 3 heterocycles. The number of carbonyl (C=O) groups is 1. The molecule has 5 rings (SSSR count). The van der Waals surface area contributed by atoms with Crippen molar-refractivity contribution < 1.29 is 14.1 Å². The van der Waals surface area contributed by atoms with Crippen molar-refractivity contribution in [2.75, 3.05) is 13.7 Å². The minimum absolute atomic E-state index is 0.180. The van der Waals surface area contributed by atoms with Gasteiger partial charge in [-0.25, -0.2) is 0 Å². The van der Waals surface area contributed by atoms with E-state index in [0.717, 1.165) is 12.0 Å². The Morgan fingerprint density at radius 3 is 2.76 bits per heavy atom. The molecule has 168 valence electrons. The molecule has 9 nitrogen and oxygen atoms in total. The molecule has 2 aromatic carbocycles. The standard InChI is InChI=1S/C23H21ClN6O3/c1-14-12-19(30-25-9-10-26-30)16(13-20(14)32-2)23(31)29-11-5-8-18(29)22-27-21(28-33-22)15-6-3-4-7-17(15)24/h3-4,6-7,9-10,12-13,18H,5,8,11H2,1-2H3. The van der Waals surface area contributed by atoms with Crippen LogP contribution in [0, 0.1) is 6.92 Å². The highest BCUT2D eigenvalue weighted by Crippen LogP contribution is 2.36. The first-order valence-electron chi connectivity index (χ1n) is 10.5. The molecule has 0 saturated carbocycles. The molecule has 1 aliphatic rings. The SMILES string of the molecule is COc1cc(C(=O)N2CCCC2c2nc(-c3ccccc3Cl)no2)c(-n2nccn2)cc1C. The molecule has 33 heavy (non-hydrogen) atoms. The van der Waals surface area contributed by atoms with Gasteiger partial charge in [0.05, 0.1) is 35.8 Å². The minimum Gasteiger partial charge on any atom is -0.496 e. The van der Waals surface area contributed by atoms with Crippen molar-refractivity contribution in [2.24, 2.45) is 0 Å². The van der Waals surface area contributed by atoms with Crippen LogP contribution >= 0.6 is 11.6 Å². The van der Waals surface area contributed by atoms with E-state index in [9.17, 15) is 4.79 Å². The maximum absolute atomic E-state index is 13.7. The lowest BCUT2D eigenvalue weighted by Crippen LogP contribution is -2.31. The van der Waals surface area contributed by atoms with Gasteiger partial charge >= 0.3 is 0 Å². The number of nitrogens with zero attached hydrogens (tertiary/aromatic N) is 6. The van der Waals surface area contributed by atoms with Crippen LogP contribution in [0.4, 0.5) is 0 Å². The van der Waals surface area contributed by atoms with Crippen LogP contribution in [0.25, 0.3) is 17.1 Å². The van der Waals surface area contributed by atoms with E-state index in [0.29, 0.717) is 52.3 Å². The van der Waals surface area contributed by atoms with Crippen molar-refractivity contribution in [1.29, 1.82) is 0 Å². The van der Waals surface area contributed by atoms with Gasteiger partial charge in [0.1, 0.15) is 11.8 Å². The number of aryl methyl sites for hydroxylation is 1. The first kappa shape index (κ1) is 21.1. The van der Waals surface area contributed by atoms with Crippen LogP contribution in [-0.2, 0) is 0 Å². The van der Waals surface area contributed by atoms with Gasteiger partial charge in [0, 0.05) is 12.1 Å². The van der Waals surface area contributed by atoms with E-state index < -0.39 is 0 Å². The zero-order valence-corrected chi connectivity index (χ0v) is 18.9. The zero-order chi connectivity index (χ0) is 22.9. The molecule has 1 saturated heterocycles. The molecule has 1 amide bonds. The first-order chi connectivity index (χ1) is 16.1. The molecule has 4 aromatic rings. The molecule has 1 fully saturated rings. The molecular weight excluding hydrogens is 444 g/mol. The number of rotatable bonds is 5. The van der Waals surface area contributed by atoms with Crippen LogP contribution in [0.15, 0.2) is 53.3 Å². The van der Waals surface area contributed by atoms with Crippen LogP contribution in [0.5, 0.6) is 5.75 Å². The lowest BCUT2D eigenvalue weighted by Gasteiger charge is -2.23. The number of carbonyl (C=O) groups excluding carboxylic acids is 1. The van der Waals surface area contributed by atoms with Crippen LogP contribution in [-0.4, -0.2) is 49.6 Å². The summed E-state index contributed by atoms with van der Waals surface area (Å²) in [7, 11) is 1.58. The molecule has 0 radical (unpaired) electrons. The average Bonchev–Trinajstić information content (AvgIpc) is 3.60. The molecule has 0 aliphatic carbocycles. The van der Waals surface area contributed by atoms with Gasteiger partial charge in [-0.15, -0.1) is 0 Å². The Bertz CT molecular complexity index is 1300. The van der Waals surface area contributed by atoms with E-state index in [1.165, 1.54) is 4.80 Å². The summed E-state index contributed by atoms with van der Waals surface area (Å²) in [6.45, 7) is 2.48. The molecule has 1 aliphatic heterocycles.